The molecule has 0 aromatic rings. The second kappa shape index (κ2) is 2.79. The first-order valence-corrected chi connectivity index (χ1v) is 4.68. The molecule has 2 aliphatic rings. The summed E-state index contributed by atoms with van der Waals surface area (Å²) >= 11 is 0. The Labute approximate surface area is 68.2 Å². The Morgan fingerprint density at radius 1 is 1.45 bits per heavy atom. The van der Waals surface area contributed by atoms with Gasteiger partial charge in [0.15, 0.2) is 5.79 Å². The van der Waals surface area contributed by atoms with E-state index in [0.29, 0.717) is 5.82 Å². The largest absolute Gasteiger partial charge is 0.366 e. The molecule has 1 aliphatic heterocycles. The van der Waals surface area contributed by atoms with Gasteiger partial charge in [0.05, 0.1) is 0 Å². The predicted molar refractivity (Wildman–Crippen MR) is 45.1 cm³/mol. The normalized spacial score (nSPS) is 44.3. The van der Waals surface area contributed by atoms with Crippen LogP contribution >= 0.6 is 0 Å². The van der Waals surface area contributed by atoms with Crippen LogP contribution < -0.4 is 0 Å². The van der Waals surface area contributed by atoms with Crippen molar-refractivity contribution in [1.82, 2.24) is 0 Å². The molecule has 2 rings (SSSR count). The van der Waals surface area contributed by atoms with Gasteiger partial charge in [0.25, 0.3) is 0 Å². The van der Waals surface area contributed by atoms with Gasteiger partial charge in [-0.1, -0.05) is 12.7 Å². The molecule has 0 radical (unpaired) electrons. The molecule has 2 nitrogen and oxygen atoms in total. The van der Waals surface area contributed by atoms with Crippen LogP contribution in [0.3, 0.4) is 0 Å². The lowest BCUT2D eigenvalue weighted by molar-refractivity contribution is -0.194. The molecule has 3 heteroatoms. The highest BCUT2D eigenvalue weighted by Gasteiger charge is 2.42. The summed E-state index contributed by atoms with van der Waals surface area (Å²) < 4.78 is 5.47. The Hall–Kier alpha value is -0.0151. The first-order valence-electron chi connectivity index (χ1n) is 4.68. The zero-order valence-corrected chi connectivity index (χ0v) is 6.88. The second-order valence-corrected chi connectivity index (χ2v) is 3.78. The summed E-state index contributed by atoms with van der Waals surface area (Å²) in [6.45, 7) is 0.757. The number of ether oxygens (including phenoxy) is 1. The highest BCUT2D eigenvalue weighted by Crippen LogP contribution is 2.42. The van der Waals surface area contributed by atoms with E-state index >= 15 is 0 Å². The van der Waals surface area contributed by atoms with Crippen molar-refractivity contribution >= 4 is 7.28 Å². The van der Waals surface area contributed by atoms with Crippen LogP contribution in [0.25, 0.3) is 0 Å². The molecule has 0 amide bonds. The smallest absolute Gasteiger partial charge is 0.161 e. The van der Waals surface area contributed by atoms with E-state index in [9.17, 15) is 5.11 Å². The first kappa shape index (κ1) is 7.62. The lowest BCUT2D eigenvalue weighted by Gasteiger charge is -2.27. The first-order chi connectivity index (χ1) is 5.31. The molecule has 2 atom stereocenters. The van der Waals surface area contributed by atoms with Gasteiger partial charge in [-0.3, -0.25) is 0 Å². The Balaban J connectivity index is 2.09. The SMILES string of the molecule is OC12CCCC1BCCCO2. The third-order valence-corrected chi connectivity index (χ3v) is 3.02. The van der Waals surface area contributed by atoms with Crippen molar-refractivity contribution < 1.29 is 9.84 Å². The number of fused-ring (bicyclic) bond motifs is 1. The Bertz CT molecular complexity index is 151. The van der Waals surface area contributed by atoms with Crippen LogP contribution in [-0.2, 0) is 4.74 Å². The van der Waals surface area contributed by atoms with Crippen molar-refractivity contribution in [2.75, 3.05) is 6.61 Å². The van der Waals surface area contributed by atoms with Gasteiger partial charge in [-0.2, -0.15) is 0 Å². The minimum Gasteiger partial charge on any atom is -0.366 e. The number of aliphatic hydroxyl groups is 1. The standard InChI is InChI=1S/C8H15BO2/c10-8-4-1-3-7(8)9-5-2-6-11-8/h7,9-10H,1-6H2. The maximum absolute atomic E-state index is 9.97. The van der Waals surface area contributed by atoms with E-state index in [-0.39, 0.29) is 0 Å². The average molecular weight is 154 g/mol. The zero-order chi connectivity index (χ0) is 7.73. The quantitative estimate of drug-likeness (QED) is 0.525. The maximum Gasteiger partial charge on any atom is 0.161 e. The molecule has 1 N–H and O–H groups in total. The molecule has 2 fully saturated rings. The zero-order valence-electron chi connectivity index (χ0n) is 6.88. The third-order valence-electron chi connectivity index (χ3n) is 3.02. The molecule has 1 aliphatic carbocycles. The fourth-order valence-corrected chi connectivity index (χ4v) is 2.33. The minimum absolute atomic E-state index is 0.435. The van der Waals surface area contributed by atoms with E-state index in [2.05, 4.69) is 0 Å². The fraction of sp³-hybridized carbons (Fsp3) is 1.00. The van der Waals surface area contributed by atoms with E-state index in [0.717, 1.165) is 39.6 Å². The summed E-state index contributed by atoms with van der Waals surface area (Å²) in [5, 5.41) is 9.97. The molecule has 1 heterocycles. The van der Waals surface area contributed by atoms with Gasteiger partial charge in [-0.15, -0.1) is 0 Å². The fourth-order valence-electron chi connectivity index (χ4n) is 2.33. The summed E-state index contributed by atoms with van der Waals surface area (Å²) in [5.74, 6) is -0.291. The van der Waals surface area contributed by atoms with E-state index in [1.54, 1.807) is 0 Å². The van der Waals surface area contributed by atoms with E-state index in [1.807, 2.05) is 0 Å². The lowest BCUT2D eigenvalue weighted by Crippen LogP contribution is -2.33. The Kier molecular flexibility index (Phi) is 1.94. The summed E-state index contributed by atoms with van der Waals surface area (Å²) in [5.41, 5.74) is 0. The van der Waals surface area contributed by atoms with Crippen molar-refractivity contribution in [3.05, 3.63) is 0 Å². The molecule has 0 aromatic carbocycles. The average Bonchev–Trinajstić information content (AvgIpc) is 2.24. The maximum atomic E-state index is 9.97. The van der Waals surface area contributed by atoms with Crippen LogP contribution in [0, 0.1) is 0 Å². The van der Waals surface area contributed by atoms with Gasteiger partial charge in [0.1, 0.15) is 7.28 Å². The number of hydrogen-bond donors (Lipinski definition) is 1. The van der Waals surface area contributed by atoms with Crippen molar-refractivity contribution in [3.63, 3.8) is 0 Å². The minimum atomic E-state index is -0.726. The van der Waals surface area contributed by atoms with Crippen LogP contribution in [0.2, 0.25) is 12.1 Å². The van der Waals surface area contributed by atoms with E-state index in [4.69, 9.17) is 4.74 Å². The van der Waals surface area contributed by atoms with Crippen LogP contribution in [-0.4, -0.2) is 24.8 Å². The van der Waals surface area contributed by atoms with Crippen molar-refractivity contribution in [2.45, 2.75) is 43.6 Å². The summed E-state index contributed by atoms with van der Waals surface area (Å²) in [4.78, 5) is 0. The van der Waals surface area contributed by atoms with Crippen LogP contribution in [0.1, 0.15) is 25.7 Å². The molecule has 11 heavy (non-hydrogen) atoms. The van der Waals surface area contributed by atoms with Gasteiger partial charge in [0.2, 0.25) is 0 Å². The number of hydrogen-bond acceptors (Lipinski definition) is 2. The molecule has 2 unspecified atom stereocenters. The second-order valence-electron chi connectivity index (χ2n) is 3.78. The molecular weight excluding hydrogens is 139 g/mol. The topological polar surface area (TPSA) is 29.5 Å². The monoisotopic (exact) mass is 154 g/mol. The summed E-state index contributed by atoms with van der Waals surface area (Å²) in [6.07, 6.45) is 5.52. The van der Waals surface area contributed by atoms with Crippen LogP contribution in [0.15, 0.2) is 0 Å². The predicted octanol–water partition coefficient (Wildman–Crippen LogP) is 0.922. The van der Waals surface area contributed by atoms with Gasteiger partial charge >= 0.3 is 0 Å². The molecular formula is C8H15BO2. The van der Waals surface area contributed by atoms with Crippen molar-refractivity contribution in [2.24, 2.45) is 0 Å². The third kappa shape index (κ3) is 1.32. The summed E-state index contributed by atoms with van der Waals surface area (Å²) in [7, 11) is 1.16. The van der Waals surface area contributed by atoms with Crippen molar-refractivity contribution in [1.29, 1.82) is 0 Å². The lowest BCUT2D eigenvalue weighted by atomic mass is 9.59. The molecule has 1 saturated carbocycles. The van der Waals surface area contributed by atoms with Crippen molar-refractivity contribution in [3.8, 4) is 0 Å². The van der Waals surface area contributed by atoms with Gasteiger partial charge in [0, 0.05) is 13.0 Å². The highest BCUT2D eigenvalue weighted by molar-refractivity contribution is 6.38. The molecule has 0 bridgehead atoms. The van der Waals surface area contributed by atoms with Gasteiger partial charge < -0.3 is 9.84 Å². The molecule has 0 aromatic heterocycles. The molecule has 0 spiro atoms. The Morgan fingerprint density at radius 2 is 2.36 bits per heavy atom. The van der Waals surface area contributed by atoms with Crippen LogP contribution in [0.4, 0.5) is 0 Å². The van der Waals surface area contributed by atoms with E-state index in [1.165, 1.54) is 6.32 Å². The van der Waals surface area contributed by atoms with Crippen LogP contribution in [0.5, 0.6) is 0 Å². The molecule has 1 saturated heterocycles. The van der Waals surface area contributed by atoms with Gasteiger partial charge in [-0.25, -0.2) is 0 Å². The number of rotatable bonds is 0. The highest BCUT2D eigenvalue weighted by atomic mass is 16.6. The summed E-state index contributed by atoms with van der Waals surface area (Å²) in [6, 6.07) is 0. The molecule has 62 valence electrons. The van der Waals surface area contributed by atoms with Gasteiger partial charge in [-0.05, 0) is 18.7 Å². The Morgan fingerprint density at radius 3 is 3.27 bits per heavy atom. The van der Waals surface area contributed by atoms with E-state index < -0.39 is 5.79 Å².